The van der Waals surface area contributed by atoms with Crippen molar-refractivity contribution in [1.29, 1.82) is 0 Å². The third-order valence-electron chi connectivity index (χ3n) is 4.67. The summed E-state index contributed by atoms with van der Waals surface area (Å²) in [5.74, 6) is 1.06. The minimum Gasteiger partial charge on any atom is -0.494 e. The van der Waals surface area contributed by atoms with Crippen molar-refractivity contribution in [3.05, 3.63) is 82.4 Å². The van der Waals surface area contributed by atoms with E-state index in [4.69, 9.17) is 21.1 Å². The zero-order valence-corrected chi connectivity index (χ0v) is 17.8. The van der Waals surface area contributed by atoms with Crippen molar-refractivity contribution < 1.29 is 14.3 Å². The Balaban J connectivity index is 1.45. The van der Waals surface area contributed by atoms with Gasteiger partial charge in [0, 0.05) is 11.4 Å². The van der Waals surface area contributed by atoms with Gasteiger partial charge >= 0.3 is 5.97 Å². The van der Waals surface area contributed by atoms with Gasteiger partial charge in [-0.15, -0.1) is 0 Å². The zero-order valence-electron chi connectivity index (χ0n) is 17.0. The number of ether oxygens (including phenoxy) is 2. The molecule has 0 aliphatic rings. The maximum atomic E-state index is 12.1. The fraction of sp³-hybridized carbons (Fsp3) is 0.240. The zero-order chi connectivity index (χ0) is 20.8. The minimum atomic E-state index is -0.264. The number of carbonyl (C=O) groups is 1. The summed E-state index contributed by atoms with van der Waals surface area (Å²) in [7, 11) is 0. The van der Waals surface area contributed by atoms with Crippen molar-refractivity contribution in [2.45, 2.75) is 33.6 Å². The molecule has 0 radical (unpaired) electrons. The van der Waals surface area contributed by atoms with Crippen molar-refractivity contribution in [3.8, 4) is 22.6 Å². The number of esters is 1. The van der Waals surface area contributed by atoms with Gasteiger partial charge in [0.15, 0.2) is 0 Å². The number of aryl methyl sites for hydroxylation is 3. The van der Waals surface area contributed by atoms with Gasteiger partial charge in [-0.25, -0.2) is 0 Å². The highest BCUT2D eigenvalue weighted by Gasteiger charge is 2.07. The number of halogens is 1. The monoisotopic (exact) mass is 408 g/mol. The molecule has 3 nitrogen and oxygen atoms in total. The Kier molecular flexibility index (Phi) is 6.95. The van der Waals surface area contributed by atoms with Crippen LogP contribution in [0.5, 0.6) is 11.5 Å². The fourth-order valence-electron chi connectivity index (χ4n) is 3.04. The fourth-order valence-corrected chi connectivity index (χ4v) is 3.15. The van der Waals surface area contributed by atoms with Crippen LogP contribution < -0.4 is 9.47 Å². The average Bonchev–Trinajstić information content (AvgIpc) is 2.70. The summed E-state index contributed by atoms with van der Waals surface area (Å²) in [6, 6.07) is 19.7. The maximum absolute atomic E-state index is 12.1. The van der Waals surface area contributed by atoms with Crippen LogP contribution in [0.4, 0.5) is 0 Å². The van der Waals surface area contributed by atoms with Crippen LogP contribution >= 0.6 is 11.6 Å². The molecule has 0 saturated carbocycles. The molecule has 0 atom stereocenters. The Morgan fingerprint density at radius 1 is 0.828 bits per heavy atom. The Bertz CT molecular complexity index is 953. The predicted molar refractivity (Wildman–Crippen MR) is 118 cm³/mol. The van der Waals surface area contributed by atoms with Gasteiger partial charge in [-0.2, -0.15) is 0 Å². The first-order chi connectivity index (χ1) is 13.9. The molecule has 3 aromatic carbocycles. The second-order valence-electron chi connectivity index (χ2n) is 7.19. The molecule has 3 rings (SSSR count). The van der Waals surface area contributed by atoms with E-state index in [9.17, 15) is 4.79 Å². The maximum Gasteiger partial charge on any atom is 0.311 e. The molecular formula is C25H25ClO3. The molecular weight excluding hydrogens is 384 g/mol. The first-order valence-corrected chi connectivity index (χ1v) is 10.1. The van der Waals surface area contributed by atoms with E-state index in [0.717, 1.165) is 33.0 Å². The number of hydrogen-bond donors (Lipinski definition) is 0. The van der Waals surface area contributed by atoms with E-state index in [1.807, 2.05) is 50.2 Å². The van der Waals surface area contributed by atoms with Gasteiger partial charge in [0.1, 0.15) is 11.5 Å². The average molecular weight is 409 g/mol. The lowest BCUT2D eigenvalue weighted by Crippen LogP contribution is -2.10. The largest absolute Gasteiger partial charge is 0.494 e. The molecule has 0 fully saturated rings. The number of hydrogen-bond acceptors (Lipinski definition) is 3. The molecule has 0 amide bonds. The third kappa shape index (κ3) is 5.85. The van der Waals surface area contributed by atoms with E-state index in [-0.39, 0.29) is 5.97 Å². The summed E-state index contributed by atoms with van der Waals surface area (Å²) in [4.78, 5) is 12.1. The lowest BCUT2D eigenvalue weighted by Gasteiger charge is -2.10. The van der Waals surface area contributed by atoms with E-state index in [0.29, 0.717) is 25.2 Å². The van der Waals surface area contributed by atoms with E-state index < -0.39 is 0 Å². The van der Waals surface area contributed by atoms with Crippen LogP contribution in [0.2, 0.25) is 5.02 Å². The van der Waals surface area contributed by atoms with Crippen molar-refractivity contribution in [2.75, 3.05) is 6.61 Å². The Labute approximate surface area is 177 Å². The second kappa shape index (κ2) is 9.62. The highest BCUT2D eigenvalue weighted by molar-refractivity contribution is 6.32. The summed E-state index contributed by atoms with van der Waals surface area (Å²) in [6.45, 7) is 6.41. The molecule has 4 heteroatoms. The van der Waals surface area contributed by atoms with Crippen LogP contribution in [0.1, 0.15) is 29.5 Å². The molecule has 0 unspecified atom stereocenters. The topological polar surface area (TPSA) is 35.5 Å². The predicted octanol–water partition coefficient (Wildman–Crippen LogP) is 6.70. The standard InChI is InChI=1S/C25H25ClO3/c1-17-6-8-20(9-7-17)21-10-12-22(13-11-21)29-24(27)5-4-14-28-23-15-18(2)25(26)19(3)16-23/h6-13,15-16H,4-5,14H2,1-3H3. The molecule has 0 aliphatic carbocycles. The molecule has 0 aliphatic heterocycles. The lowest BCUT2D eigenvalue weighted by molar-refractivity contribution is -0.134. The van der Waals surface area contributed by atoms with Crippen LogP contribution in [-0.2, 0) is 4.79 Å². The van der Waals surface area contributed by atoms with Gasteiger partial charge in [0.2, 0.25) is 0 Å². The highest BCUT2D eigenvalue weighted by Crippen LogP contribution is 2.26. The van der Waals surface area contributed by atoms with E-state index in [2.05, 4.69) is 31.2 Å². The molecule has 0 heterocycles. The quantitative estimate of drug-likeness (QED) is 0.248. The molecule has 0 saturated heterocycles. The van der Waals surface area contributed by atoms with E-state index in [1.54, 1.807) is 0 Å². The van der Waals surface area contributed by atoms with Gasteiger partial charge in [0.05, 0.1) is 6.61 Å². The molecule has 150 valence electrons. The Hall–Kier alpha value is -2.78. The van der Waals surface area contributed by atoms with Gasteiger partial charge in [-0.3, -0.25) is 4.79 Å². The first-order valence-electron chi connectivity index (χ1n) is 9.70. The third-order valence-corrected chi connectivity index (χ3v) is 5.27. The number of carbonyl (C=O) groups excluding carboxylic acids is 1. The van der Waals surface area contributed by atoms with Gasteiger partial charge in [-0.05, 0) is 73.7 Å². The summed E-state index contributed by atoms with van der Waals surface area (Å²) >= 11 is 6.16. The summed E-state index contributed by atoms with van der Waals surface area (Å²) in [5.41, 5.74) is 5.42. The van der Waals surface area contributed by atoms with Crippen LogP contribution in [0.25, 0.3) is 11.1 Å². The molecule has 29 heavy (non-hydrogen) atoms. The summed E-state index contributed by atoms with van der Waals surface area (Å²) in [6.07, 6.45) is 0.881. The van der Waals surface area contributed by atoms with Crippen molar-refractivity contribution >= 4 is 17.6 Å². The second-order valence-corrected chi connectivity index (χ2v) is 7.57. The Morgan fingerprint density at radius 2 is 1.38 bits per heavy atom. The molecule has 0 N–H and O–H groups in total. The SMILES string of the molecule is Cc1ccc(-c2ccc(OC(=O)CCCOc3cc(C)c(Cl)c(C)c3)cc2)cc1. The minimum absolute atomic E-state index is 0.264. The van der Waals surface area contributed by atoms with E-state index >= 15 is 0 Å². The van der Waals surface area contributed by atoms with E-state index in [1.165, 1.54) is 5.56 Å². The van der Waals surface area contributed by atoms with Crippen LogP contribution in [0.15, 0.2) is 60.7 Å². The van der Waals surface area contributed by atoms with Gasteiger partial charge in [0.25, 0.3) is 0 Å². The van der Waals surface area contributed by atoms with Gasteiger partial charge < -0.3 is 9.47 Å². The van der Waals surface area contributed by atoms with Crippen LogP contribution in [-0.4, -0.2) is 12.6 Å². The van der Waals surface area contributed by atoms with Crippen molar-refractivity contribution in [3.63, 3.8) is 0 Å². The number of benzene rings is 3. The van der Waals surface area contributed by atoms with Crippen molar-refractivity contribution in [1.82, 2.24) is 0 Å². The smallest absolute Gasteiger partial charge is 0.311 e. The summed E-state index contributed by atoms with van der Waals surface area (Å²) in [5, 5.41) is 0.759. The Morgan fingerprint density at radius 3 is 1.97 bits per heavy atom. The number of rotatable bonds is 7. The van der Waals surface area contributed by atoms with Crippen molar-refractivity contribution in [2.24, 2.45) is 0 Å². The summed E-state index contributed by atoms with van der Waals surface area (Å²) < 4.78 is 11.1. The highest BCUT2D eigenvalue weighted by atomic mass is 35.5. The van der Waals surface area contributed by atoms with Crippen LogP contribution in [0, 0.1) is 20.8 Å². The lowest BCUT2D eigenvalue weighted by atomic mass is 10.0. The molecule has 0 aromatic heterocycles. The van der Waals surface area contributed by atoms with Gasteiger partial charge in [-0.1, -0.05) is 53.6 Å². The molecule has 0 bridgehead atoms. The normalized spacial score (nSPS) is 10.6. The molecule has 3 aromatic rings. The molecule has 0 spiro atoms. The van der Waals surface area contributed by atoms with Crippen LogP contribution in [0.3, 0.4) is 0 Å². The first kappa shape index (κ1) is 20.9.